The lowest BCUT2D eigenvalue weighted by molar-refractivity contribution is -0.338. The van der Waals surface area contributed by atoms with E-state index < -0.39 is 84.2 Å². The first-order valence-electron chi connectivity index (χ1n) is 24.5. The lowest BCUT2D eigenvalue weighted by atomic mass is 9.46. The minimum Gasteiger partial charge on any atom is -0.445 e. The summed E-state index contributed by atoms with van der Waals surface area (Å²) >= 11 is 0. The predicted octanol–water partition coefficient (Wildman–Crippen LogP) is 5.20. The van der Waals surface area contributed by atoms with Crippen molar-refractivity contribution >= 4 is 18.0 Å². The molecule has 17 atom stereocenters. The standard InChI is InChI=1S/C51H76N2O14/c1-8-21-62-47(59)52-24-31-10-12-32(13-11-31)25-53-48(60)65-39-27-64-45(42(57)41(39)56)67-44-29(4)26-63-46(43(44)58)66-40-23-37-35-15-14-33-22-34(54)17-19-49(33,6)36(35)18-20-50(37,7)51(40,61)30(5)38(55)16-9-28(2)3/h8,10-14,28-30,34-37,39-46,54,56-58,61H,1,9,15-27H2,2-7H3,(H,52,59)(H,53,60)/t29?,30-,34+,35-,36?,37+,39?,40+,41?,42?,43?,44?,45?,46?,49+,50+,51-/m1/s1. The Balaban J connectivity index is 0.981. The van der Waals surface area contributed by atoms with Gasteiger partial charge in [0.15, 0.2) is 18.7 Å². The van der Waals surface area contributed by atoms with Crippen LogP contribution in [0.4, 0.5) is 9.59 Å². The highest BCUT2D eigenvalue weighted by Gasteiger charge is 2.70. The monoisotopic (exact) mass is 941 g/mol. The number of amides is 2. The largest absolute Gasteiger partial charge is 0.445 e. The summed E-state index contributed by atoms with van der Waals surface area (Å²) in [6.07, 6.45) is -2.02. The molecule has 1 aromatic rings. The van der Waals surface area contributed by atoms with Gasteiger partial charge in [0.2, 0.25) is 0 Å². The number of alkyl carbamates (subject to hydrolysis) is 2. The summed E-state index contributed by atoms with van der Waals surface area (Å²) in [4.78, 5) is 38.5. The number of aliphatic hydroxyl groups excluding tert-OH is 4. The fourth-order valence-corrected chi connectivity index (χ4v) is 12.6. The van der Waals surface area contributed by atoms with Crippen molar-refractivity contribution in [1.29, 1.82) is 0 Å². The summed E-state index contributed by atoms with van der Waals surface area (Å²) in [6.45, 7) is 16.0. The lowest BCUT2D eigenvalue weighted by Gasteiger charge is -2.59. The summed E-state index contributed by atoms with van der Waals surface area (Å²) in [5.74, 6) is -0.259. The maximum atomic E-state index is 14.1. The molecule has 5 fully saturated rings. The third-order valence-corrected chi connectivity index (χ3v) is 16.7. The van der Waals surface area contributed by atoms with E-state index in [0.717, 1.165) is 36.8 Å². The Kier molecular flexibility index (Phi) is 16.3. The molecule has 0 bridgehead atoms. The average molecular weight is 941 g/mol. The number of ether oxygens (including phenoxy) is 6. The molecule has 16 nitrogen and oxygen atoms in total. The first-order valence-corrected chi connectivity index (χ1v) is 24.5. The minimum atomic E-state index is -1.66. The van der Waals surface area contributed by atoms with Gasteiger partial charge in [0.05, 0.1) is 31.5 Å². The van der Waals surface area contributed by atoms with E-state index in [0.29, 0.717) is 43.9 Å². The van der Waals surface area contributed by atoms with E-state index in [-0.39, 0.29) is 62.0 Å². The Morgan fingerprint density at radius 1 is 0.881 bits per heavy atom. The number of Topliss-reactive ketones (excluding diaryl/α,β-unsaturated/α-hetero) is 1. The molecule has 2 aliphatic heterocycles. The second kappa shape index (κ2) is 21.3. The smallest absolute Gasteiger partial charge is 0.407 e. The van der Waals surface area contributed by atoms with Gasteiger partial charge >= 0.3 is 12.2 Å². The molecule has 0 aromatic heterocycles. The molecule has 2 heterocycles. The maximum absolute atomic E-state index is 14.1. The zero-order chi connectivity index (χ0) is 48.4. The highest BCUT2D eigenvalue weighted by molar-refractivity contribution is 5.82. The number of ketones is 1. The second-order valence-electron chi connectivity index (χ2n) is 21.2. The number of rotatable bonds is 16. The Hall–Kier alpha value is -3.45. The average Bonchev–Trinajstić information content (AvgIpc) is 3.53. The summed E-state index contributed by atoms with van der Waals surface area (Å²) < 4.78 is 35.3. The molecule has 16 heteroatoms. The minimum absolute atomic E-state index is 0.0151. The molecule has 374 valence electrons. The SMILES string of the molecule is C=CCOC(=O)NCc1ccc(CNC(=O)OC2COC(OC3C(C)COC(O[C@H]4C[C@H]5[C@@H]6CC=C7C[C@@H](O)CC[C@]7(C)C6CC[C@]5(C)[C@@]4(O)[C@H](C)C(=O)CCC(C)C)C3O)C(O)C2O)cc1. The van der Waals surface area contributed by atoms with Crippen molar-refractivity contribution < 1.29 is 68.3 Å². The third kappa shape index (κ3) is 10.5. The molecule has 2 amide bonds. The molecule has 9 unspecified atom stereocenters. The molecule has 4 aliphatic carbocycles. The Labute approximate surface area is 395 Å². The molecule has 3 saturated carbocycles. The highest BCUT2D eigenvalue weighted by atomic mass is 16.7. The fraction of sp³-hybridized carbons (Fsp3) is 0.745. The number of hydrogen-bond donors (Lipinski definition) is 7. The van der Waals surface area contributed by atoms with E-state index in [1.54, 1.807) is 24.3 Å². The van der Waals surface area contributed by atoms with Crippen LogP contribution in [0.25, 0.3) is 0 Å². The van der Waals surface area contributed by atoms with Gasteiger partial charge in [-0.3, -0.25) is 4.79 Å². The molecule has 67 heavy (non-hydrogen) atoms. The van der Waals surface area contributed by atoms with Gasteiger partial charge in [-0.05, 0) is 91.6 Å². The van der Waals surface area contributed by atoms with Crippen LogP contribution in [0.1, 0.15) is 110 Å². The van der Waals surface area contributed by atoms with Crippen LogP contribution in [0.2, 0.25) is 0 Å². The number of nitrogens with one attached hydrogen (secondary N) is 2. The van der Waals surface area contributed by atoms with Gasteiger partial charge in [-0.25, -0.2) is 9.59 Å². The maximum Gasteiger partial charge on any atom is 0.407 e. The molecule has 1 aromatic carbocycles. The lowest BCUT2D eigenvalue weighted by Crippen LogP contribution is -2.63. The van der Waals surface area contributed by atoms with Crippen LogP contribution in [0.15, 0.2) is 48.6 Å². The molecule has 7 N–H and O–H groups in total. The van der Waals surface area contributed by atoms with E-state index in [1.807, 2.05) is 13.8 Å². The summed E-state index contributed by atoms with van der Waals surface area (Å²) in [7, 11) is 0. The van der Waals surface area contributed by atoms with Gasteiger partial charge < -0.3 is 64.6 Å². The molecule has 0 spiro atoms. The number of carbonyl (C=O) groups excluding carboxylic acids is 3. The van der Waals surface area contributed by atoms with Crippen molar-refractivity contribution in [3.8, 4) is 0 Å². The number of fused-ring (bicyclic) bond motifs is 5. The van der Waals surface area contributed by atoms with Crippen LogP contribution in [-0.4, -0.2) is 124 Å². The van der Waals surface area contributed by atoms with E-state index in [1.165, 1.54) is 11.6 Å². The van der Waals surface area contributed by atoms with Crippen LogP contribution in [-0.2, 0) is 46.3 Å². The quantitative estimate of drug-likeness (QED) is 0.106. The van der Waals surface area contributed by atoms with Crippen LogP contribution in [0, 0.1) is 46.3 Å². The molecule has 2 saturated heterocycles. The topological polar surface area (TPSA) is 232 Å². The van der Waals surface area contributed by atoms with Gasteiger partial charge in [0.1, 0.15) is 36.3 Å². The van der Waals surface area contributed by atoms with Crippen molar-refractivity contribution in [1.82, 2.24) is 10.6 Å². The van der Waals surface area contributed by atoms with Gasteiger partial charge in [-0.2, -0.15) is 0 Å². The van der Waals surface area contributed by atoms with Crippen molar-refractivity contribution in [2.45, 2.75) is 173 Å². The van der Waals surface area contributed by atoms with E-state index >= 15 is 0 Å². The second-order valence-corrected chi connectivity index (χ2v) is 21.2. The van der Waals surface area contributed by atoms with E-state index in [4.69, 9.17) is 28.4 Å². The van der Waals surface area contributed by atoms with E-state index in [2.05, 4.69) is 51.0 Å². The number of aliphatic hydroxyl groups is 5. The van der Waals surface area contributed by atoms with Crippen LogP contribution in [0.5, 0.6) is 0 Å². The Morgan fingerprint density at radius 2 is 1.54 bits per heavy atom. The molecular formula is C51H76N2O14. The highest BCUT2D eigenvalue weighted by Crippen LogP contribution is 2.69. The zero-order valence-corrected chi connectivity index (χ0v) is 40.1. The number of allylic oxidation sites excluding steroid dienone is 1. The van der Waals surface area contributed by atoms with Crippen molar-refractivity contribution in [3.63, 3.8) is 0 Å². The van der Waals surface area contributed by atoms with Gasteiger partial charge in [-0.15, -0.1) is 0 Å². The zero-order valence-electron chi connectivity index (χ0n) is 40.1. The van der Waals surface area contributed by atoms with Crippen molar-refractivity contribution in [3.05, 3.63) is 59.7 Å². The Morgan fingerprint density at radius 3 is 2.21 bits per heavy atom. The van der Waals surface area contributed by atoms with Crippen LogP contribution >= 0.6 is 0 Å². The first-order chi connectivity index (χ1) is 31.8. The molecular weight excluding hydrogens is 865 g/mol. The summed E-state index contributed by atoms with van der Waals surface area (Å²) in [5, 5.41) is 63.4. The fourth-order valence-electron chi connectivity index (χ4n) is 12.6. The van der Waals surface area contributed by atoms with Gasteiger partial charge in [0, 0.05) is 36.8 Å². The normalized spacial score (nSPS) is 39.8. The molecule has 0 radical (unpaired) electrons. The number of carbonyl (C=O) groups is 3. The Bertz CT molecular complexity index is 1930. The summed E-state index contributed by atoms with van der Waals surface area (Å²) in [6, 6.07) is 7.13. The molecule has 6 aliphatic rings. The van der Waals surface area contributed by atoms with Gasteiger partial charge in [0.25, 0.3) is 0 Å². The molecule has 7 rings (SSSR count). The van der Waals surface area contributed by atoms with E-state index in [9.17, 15) is 39.9 Å². The third-order valence-electron chi connectivity index (χ3n) is 16.7. The summed E-state index contributed by atoms with van der Waals surface area (Å²) in [5.41, 5.74) is 0.607. The van der Waals surface area contributed by atoms with Crippen molar-refractivity contribution in [2.24, 2.45) is 46.3 Å². The first kappa shape index (κ1) is 51.4. The number of benzene rings is 1. The van der Waals surface area contributed by atoms with Crippen LogP contribution in [0.3, 0.4) is 0 Å². The van der Waals surface area contributed by atoms with Crippen molar-refractivity contribution in [2.75, 3.05) is 19.8 Å². The van der Waals surface area contributed by atoms with Crippen LogP contribution < -0.4 is 10.6 Å². The van der Waals surface area contributed by atoms with Gasteiger partial charge in [-0.1, -0.05) is 90.1 Å². The predicted molar refractivity (Wildman–Crippen MR) is 245 cm³/mol. The number of hydrogen-bond acceptors (Lipinski definition) is 14.